The molecule has 3 aromatic rings. The van der Waals surface area contributed by atoms with Crippen molar-refractivity contribution in [1.29, 1.82) is 0 Å². The van der Waals surface area contributed by atoms with Crippen LogP contribution in [0.5, 0.6) is 5.75 Å². The molecule has 0 spiro atoms. The molecule has 2 aromatic heterocycles. The fourth-order valence-electron chi connectivity index (χ4n) is 3.71. The number of nitrogens with one attached hydrogen (secondary N) is 1. The molecule has 0 unspecified atom stereocenters. The summed E-state index contributed by atoms with van der Waals surface area (Å²) in [5.74, 6) is 1.33. The molecule has 0 radical (unpaired) electrons. The van der Waals surface area contributed by atoms with Crippen molar-refractivity contribution in [3.8, 4) is 17.0 Å². The maximum Gasteiger partial charge on any atom is 0.229 e. The first-order chi connectivity index (χ1) is 15.5. The fraction of sp³-hybridized carbons (Fsp3) is 0.409. The number of nitrogen functional groups attached to an aromatic ring is 2. The molecule has 0 bridgehead atoms. The van der Waals surface area contributed by atoms with E-state index in [4.69, 9.17) is 20.9 Å². The van der Waals surface area contributed by atoms with E-state index in [0.29, 0.717) is 36.6 Å². The molecule has 1 fully saturated rings. The first-order valence-electron chi connectivity index (χ1n) is 10.7. The van der Waals surface area contributed by atoms with Crippen molar-refractivity contribution in [3.05, 3.63) is 36.7 Å². The van der Waals surface area contributed by atoms with E-state index >= 15 is 0 Å². The van der Waals surface area contributed by atoms with E-state index in [1.165, 1.54) is 0 Å². The third-order valence-electron chi connectivity index (χ3n) is 5.58. The maximum absolute atomic E-state index is 6.18. The Bertz CT molecular complexity index is 1030. The van der Waals surface area contributed by atoms with Crippen LogP contribution < -0.4 is 21.5 Å². The lowest BCUT2D eigenvalue weighted by Gasteiger charge is -2.28. The summed E-state index contributed by atoms with van der Waals surface area (Å²) >= 11 is 0. The average Bonchev–Trinajstić information content (AvgIpc) is 3.26. The number of ether oxygens (including phenoxy) is 2. The molecular formula is C22H30N8O2. The van der Waals surface area contributed by atoms with E-state index < -0.39 is 0 Å². The van der Waals surface area contributed by atoms with E-state index in [1.807, 2.05) is 35.1 Å². The molecule has 0 atom stereocenters. The number of hydrogen-bond acceptors (Lipinski definition) is 9. The van der Waals surface area contributed by atoms with Crippen LogP contribution in [-0.2, 0) is 4.74 Å². The smallest absolute Gasteiger partial charge is 0.229 e. The Morgan fingerprint density at radius 2 is 1.84 bits per heavy atom. The molecule has 1 aliphatic heterocycles. The highest BCUT2D eigenvalue weighted by atomic mass is 16.5. The van der Waals surface area contributed by atoms with Crippen LogP contribution in [0, 0.1) is 0 Å². The minimum absolute atomic E-state index is 0.223. The van der Waals surface area contributed by atoms with Gasteiger partial charge in [-0.25, -0.2) is 4.98 Å². The number of nitrogens with two attached hydrogens (primary N) is 2. The van der Waals surface area contributed by atoms with Gasteiger partial charge in [-0.15, -0.1) is 0 Å². The first kappa shape index (κ1) is 21.8. The number of hydrogen-bond donors (Lipinski definition) is 3. The Balaban J connectivity index is 1.49. The summed E-state index contributed by atoms with van der Waals surface area (Å²) in [6.45, 7) is 3.16. The van der Waals surface area contributed by atoms with Crippen LogP contribution in [0.1, 0.15) is 18.9 Å². The quantitative estimate of drug-likeness (QED) is 0.454. The number of aromatic nitrogens is 4. The molecule has 5 N–H and O–H groups in total. The van der Waals surface area contributed by atoms with Gasteiger partial charge in [0.15, 0.2) is 5.82 Å². The summed E-state index contributed by atoms with van der Waals surface area (Å²) in [5.41, 5.74) is 14.8. The van der Waals surface area contributed by atoms with Crippen LogP contribution in [0.3, 0.4) is 0 Å². The molecular weight excluding hydrogens is 408 g/mol. The van der Waals surface area contributed by atoms with Gasteiger partial charge in [-0.1, -0.05) is 0 Å². The molecule has 0 amide bonds. The molecule has 1 aliphatic rings. The predicted molar refractivity (Wildman–Crippen MR) is 125 cm³/mol. The lowest BCUT2D eigenvalue weighted by atomic mass is 10.1. The third-order valence-corrected chi connectivity index (χ3v) is 5.58. The monoisotopic (exact) mass is 438 g/mol. The van der Waals surface area contributed by atoms with Crippen molar-refractivity contribution in [2.24, 2.45) is 0 Å². The second kappa shape index (κ2) is 9.84. The molecule has 0 saturated carbocycles. The molecule has 10 nitrogen and oxygen atoms in total. The highest BCUT2D eigenvalue weighted by Crippen LogP contribution is 2.31. The summed E-state index contributed by atoms with van der Waals surface area (Å²) in [4.78, 5) is 11.2. The molecule has 1 saturated heterocycles. The first-order valence-corrected chi connectivity index (χ1v) is 10.7. The van der Waals surface area contributed by atoms with Crippen molar-refractivity contribution in [2.45, 2.75) is 18.9 Å². The number of benzene rings is 1. The van der Waals surface area contributed by atoms with Crippen molar-refractivity contribution in [3.63, 3.8) is 0 Å². The zero-order valence-corrected chi connectivity index (χ0v) is 18.5. The second-order valence-electron chi connectivity index (χ2n) is 7.93. The normalized spacial score (nSPS) is 15.1. The largest absolute Gasteiger partial charge is 0.491 e. The number of anilines is 4. The topological polar surface area (TPSA) is 129 Å². The van der Waals surface area contributed by atoms with Gasteiger partial charge in [-0.2, -0.15) is 10.1 Å². The van der Waals surface area contributed by atoms with Gasteiger partial charge < -0.3 is 31.2 Å². The lowest BCUT2D eigenvalue weighted by Crippen LogP contribution is -2.31. The van der Waals surface area contributed by atoms with E-state index in [2.05, 4.69) is 32.3 Å². The maximum atomic E-state index is 6.18. The van der Waals surface area contributed by atoms with Gasteiger partial charge in [0.05, 0.1) is 24.5 Å². The molecule has 4 rings (SSSR count). The number of likely N-dealkylation sites (tertiary alicyclic amines) is 1. The fourth-order valence-corrected chi connectivity index (χ4v) is 3.71. The summed E-state index contributed by atoms with van der Waals surface area (Å²) in [7, 11) is 3.79. The highest BCUT2D eigenvalue weighted by molar-refractivity contribution is 5.81. The number of rotatable bonds is 8. The Morgan fingerprint density at radius 3 is 2.56 bits per heavy atom. The van der Waals surface area contributed by atoms with Gasteiger partial charge >= 0.3 is 0 Å². The van der Waals surface area contributed by atoms with Crippen molar-refractivity contribution >= 4 is 23.1 Å². The number of nitrogens with zero attached hydrogens (tertiary/aromatic N) is 5. The lowest BCUT2D eigenvalue weighted by molar-refractivity contribution is 0.146. The van der Waals surface area contributed by atoms with Gasteiger partial charge in [-0.05, 0) is 57.2 Å². The van der Waals surface area contributed by atoms with E-state index in [-0.39, 0.29) is 5.82 Å². The second-order valence-corrected chi connectivity index (χ2v) is 7.93. The minimum Gasteiger partial charge on any atom is -0.491 e. The highest BCUT2D eigenvalue weighted by Gasteiger charge is 2.19. The van der Waals surface area contributed by atoms with Gasteiger partial charge in [0.2, 0.25) is 5.95 Å². The number of piperidine rings is 1. The van der Waals surface area contributed by atoms with Gasteiger partial charge in [0.25, 0.3) is 0 Å². The molecule has 0 aliphatic carbocycles. The molecule has 170 valence electrons. The standard InChI is InChI=1S/C22H30N8O2/c1-29-9-7-17(8-10-29)30-14-16(13-25-30)26-22-27-20(19(23)21(24)28-22)15-3-5-18(6-4-15)32-12-11-31-2/h3-6,13-14,17H,7-12,23H2,1-2H3,(H3,24,26,27,28). The van der Waals surface area contributed by atoms with Crippen molar-refractivity contribution in [1.82, 2.24) is 24.6 Å². The predicted octanol–water partition coefficient (Wildman–Crippen LogP) is 2.54. The van der Waals surface area contributed by atoms with E-state index in [0.717, 1.165) is 42.9 Å². The van der Waals surface area contributed by atoms with Crippen molar-refractivity contribution in [2.75, 3.05) is 57.2 Å². The summed E-state index contributed by atoms with van der Waals surface area (Å²) in [6, 6.07) is 7.91. The van der Waals surface area contributed by atoms with Gasteiger partial charge in [-0.3, -0.25) is 4.68 Å². The van der Waals surface area contributed by atoms with Crippen LogP contribution in [0.4, 0.5) is 23.1 Å². The van der Waals surface area contributed by atoms with Gasteiger partial charge in [0.1, 0.15) is 23.7 Å². The molecule has 10 heteroatoms. The number of methoxy groups -OCH3 is 1. The van der Waals surface area contributed by atoms with Crippen LogP contribution in [0.2, 0.25) is 0 Å². The van der Waals surface area contributed by atoms with E-state index in [9.17, 15) is 0 Å². The van der Waals surface area contributed by atoms with Crippen LogP contribution >= 0.6 is 0 Å². The molecule has 1 aromatic carbocycles. The summed E-state index contributed by atoms with van der Waals surface area (Å²) in [6.07, 6.45) is 5.92. The average molecular weight is 439 g/mol. The Labute approximate surface area is 187 Å². The molecule has 3 heterocycles. The van der Waals surface area contributed by atoms with Crippen molar-refractivity contribution < 1.29 is 9.47 Å². The SMILES string of the molecule is COCCOc1ccc(-c2nc(Nc3cnn(C4CCN(C)CC4)c3)nc(N)c2N)cc1. The van der Waals surface area contributed by atoms with Crippen LogP contribution in [0.25, 0.3) is 11.3 Å². The Morgan fingerprint density at radius 1 is 1.09 bits per heavy atom. The Kier molecular flexibility index (Phi) is 6.72. The van der Waals surface area contributed by atoms with Gasteiger partial charge in [0, 0.05) is 18.9 Å². The minimum atomic E-state index is 0.223. The van der Waals surface area contributed by atoms with Crippen LogP contribution in [-0.4, -0.2) is 65.1 Å². The Hall–Kier alpha value is -3.37. The zero-order chi connectivity index (χ0) is 22.5. The summed E-state index contributed by atoms with van der Waals surface area (Å²) < 4.78 is 12.6. The zero-order valence-electron chi connectivity index (χ0n) is 18.5. The van der Waals surface area contributed by atoms with Crippen LogP contribution in [0.15, 0.2) is 36.7 Å². The van der Waals surface area contributed by atoms with E-state index in [1.54, 1.807) is 13.3 Å². The molecule has 32 heavy (non-hydrogen) atoms. The third kappa shape index (κ3) is 5.09. The summed E-state index contributed by atoms with van der Waals surface area (Å²) in [5, 5.41) is 7.73.